The molecule has 1 aromatic carbocycles. The molecular formula is C29H41N3O14. The number of β-amino-alcohol motifs (C(OH)–C–C–N with tert-alkyl or cyclic N) is 1. The van der Waals surface area contributed by atoms with E-state index in [9.17, 15) is 39.2 Å². The van der Waals surface area contributed by atoms with Gasteiger partial charge in [-0.05, 0) is 53.7 Å². The van der Waals surface area contributed by atoms with Gasteiger partial charge in [0, 0.05) is 25.0 Å². The van der Waals surface area contributed by atoms with E-state index in [0.717, 1.165) is 4.90 Å². The van der Waals surface area contributed by atoms with Crippen molar-refractivity contribution in [2.24, 2.45) is 0 Å². The number of nitro groups is 1. The maximum absolute atomic E-state index is 12.4. The molecule has 4 atom stereocenters. The van der Waals surface area contributed by atoms with Gasteiger partial charge in [0.25, 0.3) is 5.69 Å². The average molecular weight is 656 g/mol. The third kappa shape index (κ3) is 11.4. The molecule has 2 amide bonds. The number of nitro benzene ring substituents is 1. The highest BCUT2D eigenvalue weighted by Crippen LogP contribution is 2.26. The topological polar surface area (TPSA) is 211 Å². The lowest BCUT2D eigenvalue weighted by Crippen LogP contribution is -2.44. The molecule has 1 aromatic rings. The Kier molecular flexibility index (Phi) is 12.7. The van der Waals surface area contributed by atoms with Crippen LogP contribution in [0.5, 0.6) is 5.75 Å². The molecule has 2 aliphatic rings. The summed E-state index contributed by atoms with van der Waals surface area (Å²) in [6.07, 6.45) is -3.75. The van der Waals surface area contributed by atoms with E-state index in [1.165, 1.54) is 43.4 Å². The molecule has 0 aliphatic carbocycles. The number of nitrogens with zero attached hydrogens (tertiary/aromatic N) is 3. The van der Waals surface area contributed by atoms with Crippen molar-refractivity contribution < 1.29 is 62.4 Å². The molecule has 1 N–H and O–H groups in total. The molecule has 2 heterocycles. The van der Waals surface area contributed by atoms with E-state index in [-0.39, 0.29) is 37.4 Å². The molecule has 46 heavy (non-hydrogen) atoms. The molecule has 2 saturated heterocycles. The number of carbonyl (C=O) groups is 5. The second-order valence-corrected chi connectivity index (χ2v) is 12.3. The number of amides is 2. The maximum atomic E-state index is 12.4. The molecule has 0 spiro atoms. The molecule has 0 unspecified atom stereocenters. The fourth-order valence-electron chi connectivity index (χ4n) is 4.35. The summed E-state index contributed by atoms with van der Waals surface area (Å²) in [4.78, 5) is 72.1. The first-order chi connectivity index (χ1) is 21.2. The van der Waals surface area contributed by atoms with Crippen LogP contribution in [-0.2, 0) is 33.3 Å². The highest BCUT2D eigenvalue weighted by molar-refractivity contribution is 5.83. The first-order valence-electron chi connectivity index (χ1n) is 14.2. The van der Waals surface area contributed by atoms with E-state index >= 15 is 0 Å². The fraction of sp³-hybridized carbons (Fsp3) is 0.621. The molecule has 0 aromatic heterocycles. The van der Waals surface area contributed by atoms with Crippen molar-refractivity contribution in [3.8, 4) is 5.75 Å². The van der Waals surface area contributed by atoms with Crippen molar-refractivity contribution in [2.45, 2.75) is 89.9 Å². The zero-order valence-corrected chi connectivity index (χ0v) is 27.0. The summed E-state index contributed by atoms with van der Waals surface area (Å²) in [5, 5.41) is 20.1. The predicted octanol–water partition coefficient (Wildman–Crippen LogP) is 3.19. The minimum Gasteiger partial charge on any atom is -0.467 e. The molecule has 2 fully saturated rings. The van der Waals surface area contributed by atoms with Crippen molar-refractivity contribution in [1.29, 1.82) is 0 Å². The summed E-state index contributed by atoms with van der Waals surface area (Å²) in [5.74, 6) is -1.15. The first-order valence-corrected chi connectivity index (χ1v) is 14.2. The van der Waals surface area contributed by atoms with Crippen molar-refractivity contribution >= 4 is 36.0 Å². The van der Waals surface area contributed by atoms with Gasteiger partial charge in [-0.15, -0.1) is 0 Å². The van der Waals surface area contributed by atoms with Crippen molar-refractivity contribution in [1.82, 2.24) is 9.80 Å². The van der Waals surface area contributed by atoms with Gasteiger partial charge in [0.05, 0.1) is 38.3 Å². The highest BCUT2D eigenvalue weighted by atomic mass is 16.7. The minimum absolute atomic E-state index is 0.0152. The summed E-state index contributed by atoms with van der Waals surface area (Å²) in [7, 11) is 2.44. The van der Waals surface area contributed by atoms with Crippen LogP contribution in [0.25, 0.3) is 0 Å². The van der Waals surface area contributed by atoms with E-state index in [4.69, 9.17) is 23.7 Å². The third-order valence-corrected chi connectivity index (χ3v) is 6.26. The largest absolute Gasteiger partial charge is 0.514 e. The number of ether oxygens (including phenoxy) is 6. The number of aliphatic hydroxyl groups is 1. The van der Waals surface area contributed by atoms with Gasteiger partial charge in [-0.1, -0.05) is 0 Å². The number of esters is 2. The number of hydrogen-bond acceptors (Lipinski definition) is 14. The average Bonchev–Trinajstić information content (AvgIpc) is 3.54. The third-order valence-electron chi connectivity index (χ3n) is 6.26. The van der Waals surface area contributed by atoms with E-state index in [1.54, 1.807) is 41.5 Å². The number of methoxy groups -OCH3 is 2. The van der Waals surface area contributed by atoms with Crippen molar-refractivity contribution in [3.63, 3.8) is 0 Å². The fourth-order valence-corrected chi connectivity index (χ4v) is 4.35. The van der Waals surface area contributed by atoms with Gasteiger partial charge >= 0.3 is 30.3 Å². The molecule has 17 heteroatoms. The van der Waals surface area contributed by atoms with Gasteiger partial charge in [-0.25, -0.2) is 24.0 Å². The lowest BCUT2D eigenvalue weighted by molar-refractivity contribution is -0.384. The minimum atomic E-state index is -1.07. The Morgan fingerprint density at radius 1 is 0.804 bits per heavy atom. The molecule has 3 rings (SSSR count). The summed E-state index contributed by atoms with van der Waals surface area (Å²) in [6, 6.07) is 3.12. The van der Waals surface area contributed by atoms with Crippen LogP contribution < -0.4 is 4.74 Å². The number of benzene rings is 1. The smallest absolute Gasteiger partial charge is 0.467 e. The van der Waals surface area contributed by atoms with Crippen LogP contribution in [0.2, 0.25) is 0 Å². The quantitative estimate of drug-likeness (QED) is 0.159. The maximum Gasteiger partial charge on any atom is 0.514 e. The predicted molar refractivity (Wildman–Crippen MR) is 157 cm³/mol. The zero-order chi connectivity index (χ0) is 35.0. The Morgan fingerprint density at radius 2 is 1.26 bits per heavy atom. The van der Waals surface area contributed by atoms with Gasteiger partial charge in [0.2, 0.25) is 0 Å². The Bertz CT molecular complexity index is 1270. The van der Waals surface area contributed by atoms with E-state index < -0.39 is 70.7 Å². The normalized spacial score (nSPS) is 20.9. The van der Waals surface area contributed by atoms with Crippen LogP contribution in [0, 0.1) is 10.1 Å². The second-order valence-electron chi connectivity index (χ2n) is 12.3. The Hall–Kier alpha value is -4.67. The lowest BCUT2D eigenvalue weighted by atomic mass is 10.2. The Labute approximate surface area is 265 Å². The standard InChI is InChI=1S/C18H22N2O9.C11H19NO5/c1-18(2,3)29-16(22)19-10-13(9-14(19)15(21)26-4)28-17(23)27-12-7-5-11(6-8-12)20(24)25;1-11(2,3)17-10(15)12-6-7(13)5-8(12)9(14)16-4/h5-8,13-14H,9-10H2,1-4H3;7-8,13H,5-6H2,1-4H3/t13-,14+;7-,8+/m11/s1. The van der Waals surface area contributed by atoms with Gasteiger partial charge in [0.1, 0.15) is 35.1 Å². The summed E-state index contributed by atoms with van der Waals surface area (Å²) in [5.41, 5.74) is -1.56. The molecule has 0 radical (unpaired) electrons. The summed E-state index contributed by atoms with van der Waals surface area (Å²) < 4.78 is 29.9. The number of likely N-dealkylation sites (tertiary alicyclic amines) is 2. The van der Waals surface area contributed by atoms with Gasteiger partial charge < -0.3 is 33.5 Å². The number of non-ortho nitro benzene ring substituents is 1. The molecule has 256 valence electrons. The summed E-state index contributed by atoms with van der Waals surface area (Å²) in [6.45, 7) is 10.3. The lowest BCUT2D eigenvalue weighted by Gasteiger charge is -2.27. The summed E-state index contributed by atoms with van der Waals surface area (Å²) >= 11 is 0. The van der Waals surface area contributed by atoms with E-state index in [1.807, 2.05) is 0 Å². The number of rotatable bonds is 5. The molecular weight excluding hydrogens is 614 g/mol. The van der Waals surface area contributed by atoms with Crippen molar-refractivity contribution in [2.75, 3.05) is 27.3 Å². The highest BCUT2D eigenvalue weighted by Gasteiger charge is 2.44. The van der Waals surface area contributed by atoms with Gasteiger partial charge in [-0.2, -0.15) is 0 Å². The van der Waals surface area contributed by atoms with Crippen LogP contribution in [0.4, 0.5) is 20.1 Å². The molecule has 0 bridgehead atoms. The second kappa shape index (κ2) is 15.6. The number of aliphatic hydroxyl groups excluding tert-OH is 1. The van der Waals surface area contributed by atoms with Crippen LogP contribution in [0.15, 0.2) is 24.3 Å². The van der Waals surface area contributed by atoms with Gasteiger partial charge in [-0.3, -0.25) is 19.9 Å². The zero-order valence-electron chi connectivity index (χ0n) is 27.0. The molecule has 2 aliphatic heterocycles. The SMILES string of the molecule is COC(=O)[C@@H]1C[C@@H](O)CN1C(=O)OC(C)(C)C.COC(=O)[C@@H]1C[C@@H](OC(=O)Oc2ccc([N+](=O)[O-])cc2)CN1C(=O)OC(C)(C)C. The van der Waals surface area contributed by atoms with Crippen molar-refractivity contribution in [3.05, 3.63) is 34.4 Å². The monoisotopic (exact) mass is 655 g/mol. The van der Waals surface area contributed by atoms with Crippen LogP contribution in [-0.4, -0.2) is 113 Å². The van der Waals surface area contributed by atoms with E-state index in [0.29, 0.717) is 0 Å². The number of carbonyl (C=O) groups excluding carboxylic acids is 5. The van der Waals surface area contributed by atoms with Gasteiger partial charge in [0.15, 0.2) is 0 Å². The van der Waals surface area contributed by atoms with Crippen LogP contribution >= 0.6 is 0 Å². The molecule has 17 nitrogen and oxygen atoms in total. The molecule has 0 saturated carbocycles. The first kappa shape index (κ1) is 37.5. The van der Waals surface area contributed by atoms with Crippen LogP contribution in [0.1, 0.15) is 54.4 Å². The van der Waals surface area contributed by atoms with E-state index in [2.05, 4.69) is 4.74 Å². The Morgan fingerprint density at radius 3 is 1.70 bits per heavy atom. The Balaban J connectivity index is 0.000000368. The number of hydrogen-bond donors (Lipinski definition) is 1. The van der Waals surface area contributed by atoms with Crippen LogP contribution in [0.3, 0.4) is 0 Å².